The Kier molecular flexibility index (Phi) is 4.90. The Labute approximate surface area is 132 Å². The molecule has 2 rings (SSSR count). The number of piperidine rings is 1. The Morgan fingerprint density at radius 3 is 2.81 bits per heavy atom. The molecular formula is C13H18BrN3O3S. The molecule has 116 valence electrons. The molecule has 1 fully saturated rings. The van der Waals surface area contributed by atoms with Crippen LogP contribution in [0, 0.1) is 0 Å². The number of nitrogens with two attached hydrogens (primary N) is 1. The molecule has 1 unspecified atom stereocenters. The van der Waals surface area contributed by atoms with Crippen LogP contribution in [0.1, 0.15) is 23.2 Å². The monoisotopic (exact) mass is 375 g/mol. The Bertz CT molecular complexity index is 648. The quantitative estimate of drug-likeness (QED) is 0.775. The lowest BCUT2D eigenvalue weighted by Crippen LogP contribution is -2.49. The highest BCUT2D eigenvalue weighted by atomic mass is 79.9. The first-order valence-electron chi connectivity index (χ1n) is 6.58. The van der Waals surface area contributed by atoms with Crippen LogP contribution in [-0.4, -0.2) is 44.6 Å². The second kappa shape index (κ2) is 6.33. The summed E-state index contributed by atoms with van der Waals surface area (Å²) in [6, 6.07) is 4.88. The van der Waals surface area contributed by atoms with E-state index in [0.717, 1.165) is 23.6 Å². The molecule has 1 amide bonds. The van der Waals surface area contributed by atoms with E-state index in [1.165, 1.54) is 0 Å². The first kappa shape index (κ1) is 16.3. The minimum absolute atomic E-state index is 0.167. The number of hydrogen-bond donors (Lipinski definition) is 2. The highest BCUT2D eigenvalue weighted by molar-refractivity contribution is 9.10. The van der Waals surface area contributed by atoms with E-state index in [-0.39, 0.29) is 11.9 Å². The van der Waals surface area contributed by atoms with Gasteiger partial charge in [0.25, 0.3) is 5.91 Å². The fourth-order valence-electron chi connectivity index (χ4n) is 2.46. The van der Waals surface area contributed by atoms with Crippen LogP contribution in [0.25, 0.3) is 0 Å². The standard InChI is InChI=1S/C13H18BrN3O3S/c1-21(19,20)16-10-3-2-6-17(8-10)13(18)11-5-4-9(14)7-12(11)15/h4-5,7,10,16H,2-3,6,8,15H2,1H3. The third kappa shape index (κ3) is 4.42. The molecular weight excluding hydrogens is 358 g/mol. The number of likely N-dealkylation sites (tertiary alicyclic amines) is 1. The Balaban J connectivity index is 2.12. The number of nitrogens with one attached hydrogen (secondary N) is 1. The predicted molar refractivity (Wildman–Crippen MR) is 85.5 cm³/mol. The molecule has 21 heavy (non-hydrogen) atoms. The third-order valence-electron chi connectivity index (χ3n) is 3.33. The molecule has 1 aromatic rings. The van der Waals surface area contributed by atoms with Crippen molar-refractivity contribution in [3.8, 4) is 0 Å². The van der Waals surface area contributed by atoms with Gasteiger partial charge in [0.1, 0.15) is 0 Å². The van der Waals surface area contributed by atoms with Crippen molar-refractivity contribution in [2.45, 2.75) is 18.9 Å². The summed E-state index contributed by atoms with van der Waals surface area (Å²) in [5.41, 5.74) is 6.73. The van der Waals surface area contributed by atoms with Crippen molar-refractivity contribution in [1.82, 2.24) is 9.62 Å². The van der Waals surface area contributed by atoms with Crippen LogP contribution in [0.15, 0.2) is 22.7 Å². The minimum Gasteiger partial charge on any atom is -0.398 e. The summed E-state index contributed by atoms with van der Waals surface area (Å²) in [5.74, 6) is -0.167. The molecule has 1 saturated heterocycles. The number of benzene rings is 1. The first-order chi connectivity index (χ1) is 9.76. The normalized spacial score (nSPS) is 19.5. The summed E-state index contributed by atoms with van der Waals surface area (Å²) in [6.07, 6.45) is 2.61. The van der Waals surface area contributed by atoms with Crippen LogP contribution in [0.3, 0.4) is 0 Å². The van der Waals surface area contributed by atoms with Gasteiger partial charge in [-0.05, 0) is 31.0 Å². The fourth-order valence-corrected chi connectivity index (χ4v) is 3.64. The van der Waals surface area contributed by atoms with Gasteiger partial charge in [-0.3, -0.25) is 4.79 Å². The number of anilines is 1. The lowest BCUT2D eigenvalue weighted by Gasteiger charge is -2.33. The maximum atomic E-state index is 12.5. The molecule has 1 aliphatic heterocycles. The SMILES string of the molecule is CS(=O)(=O)NC1CCCN(C(=O)c2ccc(Br)cc2N)C1. The number of carbonyl (C=O) groups excluding carboxylic acids is 1. The number of halogens is 1. The number of carbonyl (C=O) groups is 1. The third-order valence-corrected chi connectivity index (χ3v) is 4.59. The zero-order chi connectivity index (χ0) is 15.6. The predicted octanol–water partition coefficient (Wildman–Crippen LogP) is 1.19. The van der Waals surface area contributed by atoms with Crippen molar-refractivity contribution in [3.63, 3.8) is 0 Å². The zero-order valence-electron chi connectivity index (χ0n) is 11.7. The molecule has 0 aromatic heterocycles. The van der Waals surface area contributed by atoms with E-state index in [1.807, 2.05) is 0 Å². The Hall–Kier alpha value is -1.12. The van der Waals surface area contributed by atoms with Gasteiger partial charge in [-0.1, -0.05) is 15.9 Å². The van der Waals surface area contributed by atoms with Crippen LogP contribution >= 0.6 is 15.9 Å². The van der Waals surface area contributed by atoms with E-state index in [4.69, 9.17) is 5.73 Å². The molecule has 8 heteroatoms. The second-order valence-electron chi connectivity index (χ2n) is 5.21. The average Bonchev–Trinajstić information content (AvgIpc) is 2.36. The fraction of sp³-hybridized carbons (Fsp3) is 0.462. The number of nitrogens with zero attached hydrogens (tertiary/aromatic N) is 1. The topological polar surface area (TPSA) is 92.5 Å². The maximum absolute atomic E-state index is 12.5. The van der Waals surface area contributed by atoms with Gasteiger partial charge in [0.2, 0.25) is 10.0 Å². The van der Waals surface area contributed by atoms with Gasteiger partial charge in [-0.25, -0.2) is 13.1 Å². The van der Waals surface area contributed by atoms with Gasteiger partial charge in [-0.15, -0.1) is 0 Å². The van der Waals surface area contributed by atoms with Crippen molar-refractivity contribution < 1.29 is 13.2 Å². The van der Waals surface area contributed by atoms with Gasteiger partial charge in [0.05, 0.1) is 11.8 Å². The summed E-state index contributed by atoms with van der Waals surface area (Å²) in [7, 11) is -3.27. The van der Waals surface area contributed by atoms with E-state index in [2.05, 4.69) is 20.7 Å². The van der Waals surface area contributed by atoms with Gasteiger partial charge < -0.3 is 10.6 Å². The molecule has 3 N–H and O–H groups in total. The van der Waals surface area contributed by atoms with E-state index < -0.39 is 10.0 Å². The lowest BCUT2D eigenvalue weighted by atomic mass is 10.0. The van der Waals surface area contributed by atoms with E-state index in [0.29, 0.717) is 24.3 Å². The van der Waals surface area contributed by atoms with Crippen molar-refractivity contribution in [2.75, 3.05) is 25.1 Å². The molecule has 1 aromatic carbocycles. The highest BCUT2D eigenvalue weighted by Crippen LogP contribution is 2.22. The van der Waals surface area contributed by atoms with Gasteiger partial charge in [0, 0.05) is 29.3 Å². The summed E-state index contributed by atoms with van der Waals surface area (Å²) >= 11 is 3.30. The summed E-state index contributed by atoms with van der Waals surface area (Å²) in [5, 5.41) is 0. The van der Waals surface area contributed by atoms with Crippen molar-refractivity contribution >= 4 is 37.5 Å². The lowest BCUT2D eigenvalue weighted by molar-refractivity contribution is 0.0704. The van der Waals surface area contributed by atoms with Crippen LogP contribution in [0.5, 0.6) is 0 Å². The van der Waals surface area contributed by atoms with Gasteiger partial charge in [-0.2, -0.15) is 0 Å². The van der Waals surface area contributed by atoms with E-state index in [9.17, 15) is 13.2 Å². The first-order valence-corrected chi connectivity index (χ1v) is 9.26. The highest BCUT2D eigenvalue weighted by Gasteiger charge is 2.27. The number of nitrogen functional groups attached to an aromatic ring is 1. The molecule has 1 heterocycles. The van der Waals surface area contributed by atoms with E-state index in [1.54, 1.807) is 23.1 Å². The maximum Gasteiger partial charge on any atom is 0.255 e. The zero-order valence-corrected chi connectivity index (χ0v) is 14.1. The van der Waals surface area contributed by atoms with Crippen molar-refractivity contribution in [3.05, 3.63) is 28.2 Å². The van der Waals surface area contributed by atoms with Gasteiger partial charge >= 0.3 is 0 Å². The van der Waals surface area contributed by atoms with Crippen LogP contribution in [-0.2, 0) is 10.0 Å². The average molecular weight is 376 g/mol. The number of sulfonamides is 1. The molecule has 1 atom stereocenters. The number of rotatable bonds is 3. The van der Waals surface area contributed by atoms with E-state index >= 15 is 0 Å². The number of hydrogen-bond acceptors (Lipinski definition) is 4. The Morgan fingerprint density at radius 2 is 2.19 bits per heavy atom. The van der Waals surface area contributed by atoms with Crippen molar-refractivity contribution in [2.24, 2.45) is 0 Å². The Morgan fingerprint density at radius 1 is 1.48 bits per heavy atom. The van der Waals surface area contributed by atoms with Crippen LogP contribution in [0.4, 0.5) is 5.69 Å². The number of amides is 1. The molecule has 0 bridgehead atoms. The minimum atomic E-state index is -3.27. The molecule has 0 aliphatic carbocycles. The largest absolute Gasteiger partial charge is 0.398 e. The molecule has 0 radical (unpaired) electrons. The second-order valence-corrected chi connectivity index (χ2v) is 7.91. The summed E-state index contributed by atoms with van der Waals surface area (Å²) in [6.45, 7) is 0.970. The summed E-state index contributed by atoms with van der Waals surface area (Å²) < 4.78 is 26.0. The van der Waals surface area contributed by atoms with Gasteiger partial charge in [0.15, 0.2) is 0 Å². The van der Waals surface area contributed by atoms with Crippen LogP contribution < -0.4 is 10.5 Å². The van der Waals surface area contributed by atoms with Crippen LogP contribution in [0.2, 0.25) is 0 Å². The molecule has 6 nitrogen and oxygen atoms in total. The molecule has 0 spiro atoms. The smallest absolute Gasteiger partial charge is 0.255 e. The molecule has 1 aliphatic rings. The van der Waals surface area contributed by atoms with Crippen molar-refractivity contribution in [1.29, 1.82) is 0 Å². The summed E-state index contributed by atoms with van der Waals surface area (Å²) in [4.78, 5) is 14.1. The molecule has 0 saturated carbocycles.